The predicted octanol–water partition coefficient (Wildman–Crippen LogP) is 4.15. The minimum atomic E-state index is -0.129. The van der Waals surface area contributed by atoms with Crippen LogP contribution in [0.1, 0.15) is 30.4 Å². The lowest BCUT2D eigenvalue weighted by Crippen LogP contribution is -2.28. The van der Waals surface area contributed by atoms with Crippen molar-refractivity contribution in [2.24, 2.45) is 0 Å². The SMILES string of the molecule is CCC(C(=O)NCc1cncc(-c2ccoc2)c1)c1ccccc1. The Labute approximate surface area is 141 Å². The zero-order valence-electron chi connectivity index (χ0n) is 13.6. The summed E-state index contributed by atoms with van der Waals surface area (Å²) in [7, 11) is 0. The fourth-order valence-electron chi connectivity index (χ4n) is 2.74. The number of rotatable bonds is 6. The molecule has 1 amide bonds. The van der Waals surface area contributed by atoms with E-state index < -0.39 is 0 Å². The summed E-state index contributed by atoms with van der Waals surface area (Å²) in [5.74, 6) is -0.0892. The van der Waals surface area contributed by atoms with Gasteiger partial charge in [-0.1, -0.05) is 37.3 Å². The molecule has 2 aromatic heterocycles. The predicted molar refractivity (Wildman–Crippen MR) is 93.3 cm³/mol. The summed E-state index contributed by atoms with van der Waals surface area (Å²) < 4.78 is 5.10. The minimum Gasteiger partial charge on any atom is -0.472 e. The Bertz CT molecular complexity index is 782. The third-order valence-corrected chi connectivity index (χ3v) is 4.04. The van der Waals surface area contributed by atoms with Crippen molar-refractivity contribution in [2.45, 2.75) is 25.8 Å². The van der Waals surface area contributed by atoms with Gasteiger partial charge >= 0.3 is 0 Å². The van der Waals surface area contributed by atoms with Gasteiger partial charge in [0.05, 0.1) is 18.4 Å². The van der Waals surface area contributed by atoms with Crippen molar-refractivity contribution in [3.8, 4) is 11.1 Å². The first-order chi connectivity index (χ1) is 11.8. The standard InChI is InChI=1S/C20H20N2O2/c1-2-19(16-6-4-3-5-7-16)20(23)22-12-15-10-18(13-21-11-15)17-8-9-24-14-17/h3-11,13-14,19H,2,12H2,1H3,(H,22,23). The van der Waals surface area contributed by atoms with Gasteiger partial charge in [-0.3, -0.25) is 9.78 Å². The van der Waals surface area contributed by atoms with Gasteiger partial charge < -0.3 is 9.73 Å². The molecular formula is C20H20N2O2. The van der Waals surface area contributed by atoms with E-state index in [1.807, 2.05) is 49.4 Å². The highest BCUT2D eigenvalue weighted by Gasteiger charge is 2.18. The molecule has 24 heavy (non-hydrogen) atoms. The molecule has 3 rings (SSSR count). The van der Waals surface area contributed by atoms with Crippen LogP contribution in [0.15, 0.2) is 71.8 Å². The van der Waals surface area contributed by atoms with Crippen LogP contribution in [-0.2, 0) is 11.3 Å². The quantitative estimate of drug-likeness (QED) is 0.742. The summed E-state index contributed by atoms with van der Waals surface area (Å²) in [6.45, 7) is 2.49. The molecule has 4 nitrogen and oxygen atoms in total. The second kappa shape index (κ2) is 7.59. The van der Waals surface area contributed by atoms with Gasteiger partial charge in [-0.25, -0.2) is 0 Å². The van der Waals surface area contributed by atoms with Crippen LogP contribution in [0.2, 0.25) is 0 Å². The number of hydrogen-bond acceptors (Lipinski definition) is 3. The molecule has 0 aliphatic rings. The molecule has 1 unspecified atom stereocenters. The van der Waals surface area contributed by atoms with E-state index in [2.05, 4.69) is 10.3 Å². The van der Waals surface area contributed by atoms with Crippen molar-refractivity contribution in [1.29, 1.82) is 0 Å². The Balaban J connectivity index is 1.67. The number of carbonyl (C=O) groups is 1. The lowest BCUT2D eigenvalue weighted by atomic mass is 9.95. The van der Waals surface area contributed by atoms with Crippen LogP contribution in [-0.4, -0.2) is 10.9 Å². The van der Waals surface area contributed by atoms with Gasteiger partial charge in [-0.2, -0.15) is 0 Å². The number of carbonyl (C=O) groups excluding carboxylic acids is 1. The topological polar surface area (TPSA) is 55.1 Å². The first kappa shape index (κ1) is 16.0. The van der Waals surface area contributed by atoms with Gasteiger partial charge in [0.2, 0.25) is 5.91 Å². The molecule has 122 valence electrons. The van der Waals surface area contributed by atoms with Gasteiger partial charge in [-0.15, -0.1) is 0 Å². The van der Waals surface area contributed by atoms with Crippen molar-refractivity contribution in [3.63, 3.8) is 0 Å². The van der Waals surface area contributed by atoms with E-state index in [1.165, 1.54) is 0 Å². The molecule has 0 saturated carbocycles. The maximum atomic E-state index is 12.5. The van der Waals surface area contributed by atoms with Crippen molar-refractivity contribution < 1.29 is 9.21 Å². The average molecular weight is 320 g/mol. The fraction of sp³-hybridized carbons (Fsp3) is 0.200. The molecule has 0 aliphatic carbocycles. The van der Waals surface area contributed by atoms with E-state index in [9.17, 15) is 4.79 Å². The third kappa shape index (κ3) is 3.71. The number of furan rings is 1. The summed E-state index contributed by atoms with van der Waals surface area (Å²) >= 11 is 0. The van der Waals surface area contributed by atoms with Crippen LogP contribution >= 0.6 is 0 Å². The Kier molecular flexibility index (Phi) is 5.06. The van der Waals surface area contributed by atoms with Gasteiger partial charge in [0.15, 0.2) is 0 Å². The Morgan fingerprint density at radius 2 is 2.00 bits per heavy atom. The summed E-state index contributed by atoms with van der Waals surface area (Å²) in [6, 6.07) is 13.8. The molecule has 0 bridgehead atoms. The normalized spacial score (nSPS) is 11.9. The Morgan fingerprint density at radius 3 is 2.71 bits per heavy atom. The van der Waals surface area contributed by atoms with Crippen LogP contribution in [0.4, 0.5) is 0 Å². The highest BCUT2D eigenvalue weighted by atomic mass is 16.3. The van der Waals surface area contributed by atoms with E-state index in [0.717, 1.165) is 28.7 Å². The molecule has 1 N–H and O–H groups in total. The molecule has 3 aromatic rings. The van der Waals surface area contributed by atoms with E-state index in [1.54, 1.807) is 24.9 Å². The molecule has 0 radical (unpaired) electrons. The number of aromatic nitrogens is 1. The molecule has 2 heterocycles. The largest absolute Gasteiger partial charge is 0.472 e. The number of amides is 1. The van der Waals surface area contributed by atoms with Gasteiger partial charge in [-0.05, 0) is 29.7 Å². The summed E-state index contributed by atoms with van der Waals surface area (Å²) in [5, 5.41) is 3.02. The smallest absolute Gasteiger partial charge is 0.227 e. The second-order valence-electron chi connectivity index (χ2n) is 5.68. The van der Waals surface area contributed by atoms with Gasteiger partial charge in [0.1, 0.15) is 0 Å². The molecule has 1 aromatic carbocycles. The first-order valence-electron chi connectivity index (χ1n) is 8.07. The lowest BCUT2D eigenvalue weighted by Gasteiger charge is -2.15. The van der Waals surface area contributed by atoms with E-state index in [-0.39, 0.29) is 11.8 Å². The van der Waals surface area contributed by atoms with E-state index in [4.69, 9.17) is 4.42 Å². The van der Waals surface area contributed by atoms with Crippen LogP contribution in [0.3, 0.4) is 0 Å². The lowest BCUT2D eigenvalue weighted by molar-refractivity contribution is -0.122. The first-order valence-corrected chi connectivity index (χ1v) is 8.07. The van der Waals surface area contributed by atoms with Crippen molar-refractivity contribution >= 4 is 5.91 Å². The number of benzene rings is 1. The summed E-state index contributed by atoms with van der Waals surface area (Å²) in [5.41, 5.74) is 3.96. The highest BCUT2D eigenvalue weighted by Crippen LogP contribution is 2.21. The van der Waals surface area contributed by atoms with E-state index >= 15 is 0 Å². The molecule has 4 heteroatoms. The monoisotopic (exact) mass is 320 g/mol. The molecule has 0 aliphatic heterocycles. The molecule has 1 atom stereocenters. The summed E-state index contributed by atoms with van der Waals surface area (Å²) in [4.78, 5) is 16.8. The third-order valence-electron chi connectivity index (χ3n) is 4.04. The molecular weight excluding hydrogens is 300 g/mol. The highest BCUT2D eigenvalue weighted by molar-refractivity contribution is 5.83. The second-order valence-corrected chi connectivity index (χ2v) is 5.68. The Hall–Kier alpha value is -2.88. The number of hydrogen-bond donors (Lipinski definition) is 1. The van der Waals surface area contributed by atoms with Crippen molar-refractivity contribution in [3.05, 3.63) is 78.5 Å². The molecule has 0 spiro atoms. The van der Waals surface area contributed by atoms with Gasteiger partial charge in [0.25, 0.3) is 0 Å². The van der Waals surface area contributed by atoms with Crippen LogP contribution in [0.25, 0.3) is 11.1 Å². The zero-order chi connectivity index (χ0) is 16.8. The van der Waals surface area contributed by atoms with Crippen LogP contribution in [0.5, 0.6) is 0 Å². The van der Waals surface area contributed by atoms with E-state index in [0.29, 0.717) is 6.54 Å². The molecule has 0 saturated heterocycles. The number of nitrogens with zero attached hydrogens (tertiary/aromatic N) is 1. The van der Waals surface area contributed by atoms with Crippen molar-refractivity contribution in [2.75, 3.05) is 0 Å². The summed E-state index contributed by atoms with van der Waals surface area (Å²) in [6.07, 6.45) is 7.64. The average Bonchev–Trinajstić information content (AvgIpc) is 3.16. The van der Waals surface area contributed by atoms with Gasteiger partial charge in [0, 0.05) is 30.1 Å². The minimum absolute atomic E-state index is 0.0393. The van der Waals surface area contributed by atoms with Crippen LogP contribution in [0, 0.1) is 0 Å². The van der Waals surface area contributed by atoms with Crippen LogP contribution < -0.4 is 5.32 Å². The maximum Gasteiger partial charge on any atom is 0.227 e. The Morgan fingerprint density at radius 1 is 1.17 bits per heavy atom. The zero-order valence-corrected chi connectivity index (χ0v) is 13.6. The van der Waals surface area contributed by atoms with Crippen molar-refractivity contribution in [1.82, 2.24) is 10.3 Å². The maximum absolute atomic E-state index is 12.5. The molecule has 0 fully saturated rings. The number of nitrogens with one attached hydrogen (secondary N) is 1. The number of pyridine rings is 1. The fourth-order valence-corrected chi connectivity index (χ4v) is 2.74.